The molecule has 0 atom stereocenters. The highest BCUT2D eigenvalue weighted by molar-refractivity contribution is 7.26. The lowest BCUT2D eigenvalue weighted by Crippen LogP contribution is -2.16. The maximum absolute atomic E-state index is 2.44. The molecule has 0 unspecified atom stereocenters. The van der Waals surface area contributed by atoms with E-state index >= 15 is 0 Å². The topological polar surface area (TPSA) is 3.24 Å². The molecule has 246 valence electrons. The predicted octanol–water partition coefficient (Wildman–Crippen LogP) is 15.0. The number of thiophene rings is 2. The van der Waals surface area contributed by atoms with Crippen LogP contribution in [-0.2, 0) is 5.41 Å². The number of benzene rings is 8. The molecule has 0 fully saturated rings. The largest absolute Gasteiger partial charge is 0.310 e. The first-order valence-electron chi connectivity index (χ1n) is 17.9. The highest BCUT2D eigenvalue weighted by atomic mass is 32.1. The van der Waals surface area contributed by atoms with Gasteiger partial charge in [0.1, 0.15) is 0 Å². The van der Waals surface area contributed by atoms with E-state index in [4.69, 9.17) is 0 Å². The van der Waals surface area contributed by atoms with Crippen LogP contribution in [0.4, 0.5) is 17.1 Å². The Morgan fingerprint density at radius 1 is 0.404 bits per heavy atom. The molecule has 3 heteroatoms. The number of hydrogen-bond donors (Lipinski definition) is 0. The van der Waals surface area contributed by atoms with E-state index in [0.29, 0.717) is 0 Å². The van der Waals surface area contributed by atoms with Crippen LogP contribution < -0.4 is 4.90 Å². The molecule has 11 rings (SSSR count). The maximum atomic E-state index is 2.44. The van der Waals surface area contributed by atoms with Gasteiger partial charge in [0.15, 0.2) is 0 Å². The molecule has 8 aromatic carbocycles. The van der Waals surface area contributed by atoms with E-state index in [2.05, 4.69) is 183 Å². The number of nitrogens with zero attached hydrogens (tertiary/aromatic N) is 1. The first-order valence-corrected chi connectivity index (χ1v) is 19.5. The van der Waals surface area contributed by atoms with E-state index in [1.165, 1.54) is 90.2 Å². The molecule has 0 amide bonds. The Balaban J connectivity index is 1.06. The van der Waals surface area contributed by atoms with Gasteiger partial charge in [0, 0.05) is 62.8 Å². The second-order valence-electron chi connectivity index (χ2n) is 14.5. The van der Waals surface area contributed by atoms with Crippen molar-refractivity contribution >= 4 is 90.9 Å². The number of hydrogen-bond acceptors (Lipinski definition) is 3. The minimum absolute atomic E-state index is 0.0831. The van der Waals surface area contributed by atoms with Gasteiger partial charge in [0.25, 0.3) is 0 Å². The molecule has 0 bridgehead atoms. The Labute approximate surface area is 310 Å². The molecule has 1 nitrogen and oxygen atoms in total. The summed E-state index contributed by atoms with van der Waals surface area (Å²) in [6.07, 6.45) is 0. The summed E-state index contributed by atoms with van der Waals surface area (Å²) in [6.45, 7) is 4.72. The average molecular weight is 700 g/mol. The zero-order valence-electron chi connectivity index (χ0n) is 28.9. The van der Waals surface area contributed by atoms with Crippen molar-refractivity contribution in [3.05, 3.63) is 175 Å². The van der Waals surface area contributed by atoms with Gasteiger partial charge >= 0.3 is 0 Å². The van der Waals surface area contributed by atoms with E-state index in [0.717, 1.165) is 11.4 Å². The molecule has 0 aliphatic heterocycles. The smallest absolute Gasteiger partial charge is 0.0468 e. The summed E-state index contributed by atoms with van der Waals surface area (Å²) >= 11 is 3.75. The molecular formula is C49H33NS2. The minimum Gasteiger partial charge on any atom is -0.310 e. The van der Waals surface area contributed by atoms with E-state index in [9.17, 15) is 0 Å². The third-order valence-corrected chi connectivity index (χ3v) is 13.6. The van der Waals surface area contributed by atoms with Gasteiger partial charge in [0.2, 0.25) is 0 Å². The van der Waals surface area contributed by atoms with Crippen LogP contribution in [0, 0.1) is 0 Å². The molecule has 0 N–H and O–H groups in total. The lowest BCUT2D eigenvalue weighted by molar-refractivity contribution is 0.660. The number of rotatable bonds is 4. The second kappa shape index (κ2) is 11.1. The zero-order valence-corrected chi connectivity index (χ0v) is 30.5. The van der Waals surface area contributed by atoms with E-state index in [-0.39, 0.29) is 5.41 Å². The van der Waals surface area contributed by atoms with Crippen LogP contribution in [0.1, 0.15) is 25.0 Å². The van der Waals surface area contributed by atoms with Crippen molar-refractivity contribution < 1.29 is 0 Å². The lowest BCUT2D eigenvalue weighted by Gasteiger charge is -2.28. The SMILES string of the molecule is CC1(C)c2ccccc2-c2ccc(N(c3ccc(-c4ccc5ccc6sc7ccccc7c6c5c4)cc3)c3ccc4sc5ccccc5c4c3)cc21. The van der Waals surface area contributed by atoms with Crippen molar-refractivity contribution in [3.8, 4) is 22.3 Å². The van der Waals surface area contributed by atoms with Crippen LogP contribution in [0.25, 0.3) is 73.4 Å². The van der Waals surface area contributed by atoms with E-state index < -0.39 is 0 Å². The normalized spacial score (nSPS) is 13.3. The molecule has 0 saturated carbocycles. The van der Waals surface area contributed by atoms with Crippen molar-refractivity contribution in [2.45, 2.75) is 19.3 Å². The Hall–Kier alpha value is -5.74. The van der Waals surface area contributed by atoms with E-state index in [1.54, 1.807) is 0 Å². The van der Waals surface area contributed by atoms with Gasteiger partial charge in [-0.05, 0) is 111 Å². The maximum Gasteiger partial charge on any atom is 0.0468 e. The summed E-state index contributed by atoms with van der Waals surface area (Å²) in [6, 6.07) is 61.2. The molecule has 1 aliphatic rings. The summed E-state index contributed by atoms with van der Waals surface area (Å²) in [5.41, 5.74) is 11.3. The molecule has 2 aromatic heterocycles. The number of anilines is 3. The third kappa shape index (κ3) is 4.40. The van der Waals surface area contributed by atoms with Gasteiger partial charge in [-0.3, -0.25) is 0 Å². The molecule has 0 radical (unpaired) electrons. The predicted molar refractivity (Wildman–Crippen MR) is 227 cm³/mol. The molecule has 0 spiro atoms. The Bertz CT molecular complexity index is 3050. The fourth-order valence-electron chi connectivity index (χ4n) is 8.66. The standard InChI is InChI=1S/C49H33NS2/c1-49(2)42-12-6-3-9-36(42)37-24-22-35(29-43(37)49)50(34-23-26-46-41(28-34)38-10-4-7-13-44(38)51-46)33-20-17-30(18-21-33)32-16-15-31-19-25-47-48(40(31)27-32)39-11-5-8-14-45(39)52-47/h3-29H,1-2H3. The molecule has 10 aromatic rings. The van der Waals surface area contributed by atoms with Crippen molar-refractivity contribution in [1.29, 1.82) is 0 Å². The minimum atomic E-state index is -0.0831. The Kier molecular flexibility index (Phi) is 6.41. The summed E-state index contributed by atoms with van der Waals surface area (Å²) in [5, 5.41) is 7.91. The van der Waals surface area contributed by atoms with Crippen molar-refractivity contribution in [1.82, 2.24) is 0 Å². The third-order valence-electron chi connectivity index (χ3n) is 11.3. The molecule has 2 heterocycles. The quantitative estimate of drug-likeness (QED) is 0.177. The van der Waals surface area contributed by atoms with Gasteiger partial charge in [-0.25, -0.2) is 0 Å². The summed E-state index contributed by atoms with van der Waals surface area (Å²) in [7, 11) is 0. The van der Waals surface area contributed by atoms with Gasteiger partial charge in [-0.1, -0.05) is 111 Å². The molecule has 0 saturated heterocycles. The fourth-order valence-corrected chi connectivity index (χ4v) is 10.9. The highest BCUT2D eigenvalue weighted by Gasteiger charge is 2.35. The van der Waals surface area contributed by atoms with Gasteiger partial charge in [-0.2, -0.15) is 0 Å². The lowest BCUT2D eigenvalue weighted by atomic mass is 9.82. The summed E-state index contributed by atoms with van der Waals surface area (Å²) in [5.74, 6) is 0. The van der Waals surface area contributed by atoms with Gasteiger partial charge in [-0.15, -0.1) is 22.7 Å². The van der Waals surface area contributed by atoms with Crippen molar-refractivity contribution in [2.75, 3.05) is 4.90 Å². The fraction of sp³-hybridized carbons (Fsp3) is 0.0612. The van der Waals surface area contributed by atoms with Crippen LogP contribution >= 0.6 is 22.7 Å². The second-order valence-corrected chi connectivity index (χ2v) is 16.7. The van der Waals surface area contributed by atoms with Gasteiger partial charge in [0.05, 0.1) is 0 Å². The van der Waals surface area contributed by atoms with Crippen molar-refractivity contribution in [2.24, 2.45) is 0 Å². The number of fused-ring (bicyclic) bond motifs is 11. The molecular weight excluding hydrogens is 667 g/mol. The average Bonchev–Trinajstić information content (AvgIpc) is 3.83. The van der Waals surface area contributed by atoms with Crippen LogP contribution in [0.3, 0.4) is 0 Å². The molecule has 1 aliphatic carbocycles. The summed E-state index contributed by atoms with van der Waals surface area (Å²) < 4.78 is 5.32. The Morgan fingerprint density at radius 2 is 1.00 bits per heavy atom. The first kappa shape index (κ1) is 29.9. The van der Waals surface area contributed by atoms with Crippen LogP contribution in [-0.4, -0.2) is 0 Å². The highest BCUT2D eigenvalue weighted by Crippen LogP contribution is 2.51. The van der Waals surface area contributed by atoms with E-state index in [1.807, 2.05) is 22.7 Å². The van der Waals surface area contributed by atoms with Crippen molar-refractivity contribution in [3.63, 3.8) is 0 Å². The van der Waals surface area contributed by atoms with Crippen LogP contribution in [0.2, 0.25) is 0 Å². The summed E-state index contributed by atoms with van der Waals surface area (Å²) in [4.78, 5) is 2.44. The monoisotopic (exact) mass is 699 g/mol. The molecule has 52 heavy (non-hydrogen) atoms. The van der Waals surface area contributed by atoms with Crippen LogP contribution in [0.5, 0.6) is 0 Å². The Morgan fingerprint density at radius 3 is 1.87 bits per heavy atom. The zero-order chi connectivity index (χ0) is 34.6. The first-order chi connectivity index (χ1) is 25.5. The van der Waals surface area contributed by atoms with Crippen LogP contribution in [0.15, 0.2) is 164 Å². The van der Waals surface area contributed by atoms with Gasteiger partial charge < -0.3 is 4.90 Å².